The van der Waals surface area contributed by atoms with E-state index in [2.05, 4.69) is 20.6 Å². The van der Waals surface area contributed by atoms with Crippen molar-refractivity contribution in [3.63, 3.8) is 0 Å². The topological polar surface area (TPSA) is 67.8 Å². The summed E-state index contributed by atoms with van der Waals surface area (Å²) in [5.74, 6) is 0.510. The number of alkyl halides is 3. The van der Waals surface area contributed by atoms with Crippen LogP contribution in [-0.4, -0.2) is 50.9 Å². The van der Waals surface area contributed by atoms with E-state index in [9.17, 15) is 13.2 Å². The molecule has 0 unspecified atom stereocenters. The Morgan fingerprint density at radius 3 is 2.44 bits per heavy atom. The van der Waals surface area contributed by atoms with Crippen LogP contribution in [0.15, 0.2) is 17.3 Å². The van der Waals surface area contributed by atoms with E-state index < -0.39 is 11.7 Å². The lowest BCUT2D eigenvalue weighted by Crippen LogP contribution is -2.40. The summed E-state index contributed by atoms with van der Waals surface area (Å²) >= 11 is 5.74. The molecule has 0 saturated carbocycles. The van der Waals surface area contributed by atoms with E-state index in [0.717, 1.165) is 6.07 Å². The van der Waals surface area contributed by atoms with Gasteiger partial charge in [-0.05, 0) is 13.0 Å². The quantitative estimate of drug-likeness (QED) is 0.251. The molecule has 0 atom stereocenters. The summed E-state index contributed by atoms with van der Waals surface area (Å²) in [6.07, 6.45) is -3.81. The van der Waals surface area contributed by atoms with Gasteiger partial charge in [0.25, 0.3) is 0 Å². The van der Waals surface area contributed by atoms with Gasteiger partial charge in [0.05, 0.1) is 18.7 Å². The number of aromatic nitrogens is 1. The van der Waals surface area contributed by atoms with E-state index in [1.54, 1.807) is 7.05 Å². The number of hydrogen-bond donors (Lipinski definition) is 2. The van der Waals surface area contributed by atoms with Crippen molar-refractivity contribution in [3.8, 4) is 5.88 Å². The minimum Gasteiger partial charge on any atom is -0.475 e. The predicted molar refractivity (Wildman–Crippen MR) is 101 cm³/mol. The van der Waals surface area contributed by atoms with Crippen LogP contribution in [0.5, 0.6) is 5.88 Å². The summed E-state index contributed by atoms with van der Waals surface area (Å²) in [5.41, 5.74) is -0.920. The maximum absolute atomic E-state index is 12.5. The molecule has 0 bridgehead atoms. The van der Waals surface area contributed by atoms with Gasteiger partial charge in [-0.2, -0.15) is 13.2 Å². The van der Waals surface area contributed by atoms with Gasteiger partial charge in [-0.25, -0.2) is 4.98 Å². The monoisotopic (exact) mass is 496 g/mol. The van der Waals surface area contributed by atoms with Gasteiger partial charge < -0.3 is 20.1 Å². The molecule has 0 fully saturated rings. The third-order valence-corrected chi connectivity index (χ3v) is 3.01. The van der Waals surface area contributed by atoms with Crippen LogP contribution in [0.3, 0.4) is 0 Å². The van der Waals surface area contributed by atoms with E-state index in [-0.39, 0.29) is 41.5 Å². The van der Waals surface area contributed by atoms with Gasteiger partial charge in [0.15, 0.2) is 5.96 Å². The highest BCUT2D eigenvalue weighted by atomic mass is 127. The van der Waals surface area contributed by atoms with Crippen LogP contribution in [0.4, 0.5) is 13.2 Å². The summed E-state index contributed by atoms with van der Waals surface area (Å²) in [4.78, 5) is 7.59. The highest BCUT2D eigenvalue weighted by Crippen LogP contribution is 2.32. The van der Waals surface area contributed by atoms with Crippen molar-refractivity contribution in [3.05, 3.63) is 22.8 Å². The van der Waals surface area contributed by atoms with Crippen molar-refractivity contribution in [2.75, 3.05) is 40.0 Å². The van der Waals surface area contributed by atoms with E-state index >= 15 is 0 Å². The number of nitrogens with zero attached hydrogens (tertiary/aromatic N) is 2. The Bertz CT molecular complexity index is 547. The van der Waals surface area contributed by atoms with Crippen LogP contribution in [0, 0.1) is 0 Å². The minimum atomic E-state index is -4.49. The molecule has 144 valence electrons. The van der Waals surface area contributed by atoms with Gasteiger partial charge in [-0.3, -0.25) is 4.99 Å². The van der Waals surface area contributed by atoms with Crippen LogP contribution in [0.25, 0.3) is 0 Å². The summed E-state index contributed by atoms with van der Waals surface area (Å²) < 4.78 is 48.0. The van der Waals surface area contributed by atoms with Crippen molar-refractivity contribution < 1.29 is 22.6 Å². The fourth-order valence-corrected chi connectivity index (χ4v) is 1.83. The van der Waals surface area contributed by atoms with Crippen molar-refractivity contribution in [1.82, 2.24) is 15.6 Å². The number of aliphatic imine (C=N–C) groups is 1. The second-order valence-electron chi connectivity index (χ2n) is 4.48. The Balaban J connectivity index is 0.00000576. The highest BCUT2D eigenvalue weighted by molar-refractivity contribution is 14.0. The highest BCUT2D eigenvalue weighted by Gasteiger charge is 2.31. The molecule has 0 aliphatic heterocycles. The van der Waals surface area contributed by atoms with Gasteiger partial charge in [-0.1, -0.05) is 11.6 Å². The van der Waals surface area contributed by atoms with Crippen LogP contribution >= 0.6 is 35.6 Å². The average molecular weight is 497 g/mol. The summed E-state index contributed by atoms with van der Waals surface area (Å²) in [7, 11) is 1.62. The maximum atomic E-state index is 12.5. The molecule has 0 radical (unpaired) electrons. The van der Waals surface area contributed by atoms with E-state index in [1.165, 1.54) is 0 Å². The summed E-state index contributed by atoms with van der Waals surface area (Å²) in [6.45, 7) is 4.23. The summed E-state index contributed by atoms with van der Waals surface area (Å²) in [6, 6.07) is 0.783. The van der Waals surface area contributed by atoms with Gasteiger partial charge in [0.2, 0.25) is 5.88 Å². The Hall–Kier alpha value is -1.01. The maximum Gasteiger partial charge on any atom is 0.417 e. The third-order valence-electron chi connectivity index (χ3n) is 2.73. The lowest BCUT2D eigenvalue weighted by molar-refractivity contribution is -0.137. The zero-order chi connectivity index (χ0) is 18.0. The molecule has 25 heavy (non-hydrogen) atoms. The molecule has 11 heteroatoms. The molecule has 0 spiro atoms. The molecule has 0 aromatic carbocycles. The zero-order valence-corrected chi connectivity index (χ0v) is 16.9. The molecule has 1 heterocycles. The van der Waals surface area contributed by atoms with Crippen molar-refractivity contribution in [2.45, 2.75) is 13.1 Å². The third kappa shape index (κ3) is 9.31. The van der Waals surface area contributed by atoms with Gasteiger partial charge in [-0.15, -0.1) is 24.0 Å². The van der Waals surface area contributed by atoms with Crippen LogP contribution in [0.1, 0.15) is 12.5 Å². The number of hydrogen-bond acceptors (Lipinski definition) is 4. The molecular weight excluding hydrogens is 476 g/mol. The number of guanidine groups is 1. The number of nitrogens with one attached hydrogen (secondary N) is 2. The van der Waals surface area contributed by atoms with Crippen molar-refractivity contribution >= 4 is 41.5 Å². The van der Waals surface area contributed by atoms with Gasteiger partial charge >= 0.3 is 6.18 Å². The normalized spacial score (nSPS) is 11.7. The molecule has 0 saturated heterocycles. The molecule has 6 nitrogen and oxygen atoms in total. The molecular formula is C14H21ClF3IN4O2. The lowest BCUT2D eigenvalue weighted by Gasteiger charge is -2.13. The molecule has 1 aromatic rings. The predicted octanol–water partition coefficient (Wildman–Crippen LogP) is 2.95. The average Bonchev–Trinajstić information content (AvgIpc) is 2.53. The largest absolute Gasteiger partial charge is 0.475 e. The van der Waals surface area contributed by atoms with Gasteiger partial charge in [0.1, 0.15) is 11.6 Å². The first-order chi connectivity index (χ1) is 11.4. The number of halogens is 5. The first kappa shape index (κ1) is 24.0. The molecule has 0 amide bonds. The molecule has 0 aliphatic rings. The van der Waals surface area contributed by atoms with E-state index in [4.69, 9.17) is 21.1 Å². The van der Waals surface area contributed by atoms with E-state index in [1.807, 2.05) is 6.92 Å². The fraction of sp³-hybridized carbons (Fsp3) is 0.571. The minimum absolute atomic E-state index is 0. The fourth-order valence-electron chi connectivity index (χ4n) is 1.61. The summed E-state index contributed by atoms with van der Waals surface area (Å²) in [5, 5.41) is 5.82. The second-order valence-corrected chi connectivity index (χ2v) is 4.89. The molecule has 0 aliphatic carbocycles. The Morgan fingerprint density at radius 1 is 1.28 bits per heavy atom. The molecule has 1 aromatic heterocycles. The first-order valence-corrected chi connectivity index (χ1v) is 7.64. The first-order valence-electron chi connectivity index (χ1n) is 7.26. The SMILES string of the molecule is CCOCCNC(=NC)NCCOc1ncc(C(F)(F)F)cc1Cl.I. The number of ether oxygens (including phenoxy) is 2. The van der Waals surface area contributed by atoms with Crippen LogP contribution < -0.4 is 15.4 Å². The van der Waals surface area contributed by atoms with Crippen molar-refractivity contribution in [2.24, 2.45) is 4.99 Å². The Labute approximate surface area is 166 Å². The van der Waals surface area contributed by atoms with Crippen LogP contribution in [-0.2, 0) is 10.9 Å². The smallest absolute Gasteiger partial charge is 0.417 e. The molecule has 2 N–H and O–H groups in total. The Morgan fingerprint density at radius 2 is 1.92 bits per heavy atom. The standard InChI is InChI=1S/C14H20ClF3N4O2.HI/c1-3-23-6-4-20-13(19-2)21-5-7-24-12-11(15)8-10(9-22-12)14(16,17)18;/h8-9H,3-7H2,1-2H3,(H2,19,20,21);1H. The zero-order valence-electron chi connectivity index (χ0n) is 13.8. The molecule has 1 rings (SSSR count). The lowest BCUT2D eigenvalue weighted by atomic mass is 10.3. The van der Waals surface area contributed by atoms with E-state index in [0.29, 0.717) is 38.5 Å². The van der Waals surface area contributed by atoms with Crippen LogP contribution in [0.2, 0.25) is 5.02 Å². The second kappa shape index (κ2) is 12.4. The number of pyridine rings is 1. The van der Waals surface area contributed by atoms with Gasteiger partial charge in [0, 0.05) is 26.4 Å². The van der Waals surface area contributed by atoms with Crippen molar-refractivity contribution in [1.29, 1.82) is 0 Å². The Kier molecular flexibility index (Phi) is 11.9. The number of rotatable bonds is 8.